The second-order valence-corrected chi connectivity index (χ2v) is 5.76. The molecule has 0 aromatic heterocycles. The molecule has 2 aromatic rings. The van der Waals surface area contributed by atoms with Crippen molar-refractivity contribution >= 4 is 23.5 Å². The SMILES string of the molecule is C=CCOc1ccc(/C=C/C(=O)c2ccc3c(c2)NC(=O)CO3)cc1OC. The Kier molecular flexibility index (Phi) is 5.56. The molecule has 1 heterocycles. The summed E-state index contributed by atoms with van der Waals surface area (Å²) in [4.78, 5) is 23.8. The van der Waals surface area contributed by atoms with Gasteiger partial charge in [0.05, 0.1) is 12.8 Å². The lowest BCUT2D eigenvalue weighted by Crippen LogP contribution is -2.25. The number of hydrogen-bond donors (Lipinski definition) is 1. The highest BCUT2D eigenvalue weighted by Gasteiger charge is 2.17. The van der Waals surface area contributed by atoms with Crippen LogP contribution in [0.3, 0.4) is 0 Å². The summed E-state index contributed by atoms with van der Waals surface area (Å²) in [6, 6.07) is 10.3. The topological polar surface area (TPSA) is 73.9 Å². The van der Waals surface area contributed by atoms with Crippen molar-refractivity contribution in [2.75, 3.05) is 25.6 Å². The minimum absolute atomic E-state index is 0.0193. The van der Waals surface area contributed by atoms with E-state index in [4.69, 9.17) is 14.2 Å². The molecule has 1 N–H and O–H groups in total. The lowest BCUT2D eigenvalue weighted by atomic mass is 10.1. The molecule has 1 aliphatic rings. The first-order valence-electron chi connectivity index (χ1n) is 8.31. The van der Waals surface area contributed by atoms with Gasteiger partial charge in [0.2, 0.25) is 0 Å². The van der Waals surface area contributed by atoms with Crippen molar-refractivity contribution < 1.29 is 23.8 Å². The van der Waals surface area contributed by atoms with Crippen LogP contribution in [-0.2, 0) is 4.79 Å². The van der Waals surface area contributed by atoms with Crippen LogP contribution >= 0.6 is 0 Å². The van der Waals surface area contributed by atoms with Gasteiger partial charge in [-0.05, 0) is 42.0 Å². The maximum Gasteiger partial charge on any atom is 0.262 e. The van der Waals surface area contributed by atoms with E-state index >= 15 is 0 Å². The molecule has 0 saturated heterocycles. The third kappa shape index (κ3) is 4.36. The van der Waals surface area contributed by atoms with E-state index < -0.39 is 0 Å². The molecule has 6 nitrogen and oxygen atoms in total. The van der Waals surface area contributed by atoms with Gasteiger partial charge in [0, 0.05) is 5.56 Å². The summed E-state index contributed by atoms with van der Waals surface area (Å²) in [6.45, 7) is 3.97. The second kappa shape index (κ2) is 8.23. The van der Waals surface area contributed by atoms with Crippen molar-refractivity contribution in [2.24, 2.45) is 0 Å². The highest BCUT2D eigenvalue weighted by atomic mass is 16.5. The molecule has 0 unspecified atom stereocenters. The monoisotopic (exact) mass is 365 g/mol. The van der Waals surface area contributed by atoms with Crippen LogP contribution in [0.25, 0.3) is 6.08 Å². The Morgan fingerprint density at radius 2 is 2.11 bits per heavy atom. The van der Waals surface area contributed by atoms with E-state index in [1.54, 1.807) is 49.6 Å². The summed E-state index contributed by atoms with van der Waals surface area (Å²) in [5.41, 5.74) is 1.74. The maximum absolute atomic E-state index is 12.4. The molecule has 1 aliphatic heterocycles. The number of hydrogen-bond acceptors (Lipinski definition) is 5. The van der Waals surface area contributed by atoms with Crippen molar-refractivity contribution in [3.63, 3.8) is 0 Å². The highest BCUT2D eigenvalue weighted by Crippen LogP contribution is 2.30. The van der Waals surface area contributed by atoms with Crippen molar-refractivity contribution in [3.8, 4) is 17.2 Å². The highest BCUT2D eigenvalue weighted by molar-refractivity contribution is 6.08. The Balaban J connectivity index is 1.76. The second-order valence-electron chi connectivity index (χ2n) is 5.76. The van der Waals surface area contributed by atoms with Crippen LogP contribution in [0.1, 0.15) is 15.9 Å². The zero-order valence-corrected chi connectivity index (χ0v) is 14.9. The number of fused-ring (bicyclic) bond motifs is 1. The maximum atomic E-state index is 12.4. The van der Waals surface area contributed by atoms with Crippen LogP contribution in [0, 0.1) is 0 Å². The fourth-order valence-corrected chi connectivity index (χ4v) is 2.56. The first kappa shape index (κ1) is 18.3. The molecular formula is C21H19NO5. The Morgan fingerprint density at radius 3 is 2.89 bits per heavy atom. The molecule has 0 saturated carbocycles. The Bertz CT molecular complexity index is 917. The third-order valence-corrected chi connectivity index (χ3v) is 3.87. The van der Waals surface area contributed by atoms with Crippen LogP contribution in [0.4, 0.5) is 5.69 Å². The summed E-state index contributed by atoms with van der Waals surface area (Å²) in [7, 11) is 1.55. The molecule has 0 radical (unpaired) electrons. The summed E-state index contributed by atoms with van der Waals surface area (Å²) in [5, 5.41) is 2.69. The van der Waals surface area contributed by atoms with Gasteiger partial charge in [-0.25, -0.2) is 0 Å². The molecule has 0 fully saturated rings. The summed E-state index contributed by atoms with van der Waals surface area (Å²) in [5.74, 6) is 1.29. The number of carbonyl (C=O) groups excluding carboxylic acids is 2. The average molecular weight is 365 g/mol. The van der Waals surface area contributed by atoms with Gasteiger partial charge in [0.15, 0.2) is 23.9 Å². The van der Waals surface area contributed by atoms with Crippen molar-refractivity contribution in [3.05, 3.63) is 66.3 Å². The predicted octanol–water partition coefficient (Wildman–Crippen LogP) is 3.49. The van der Waals surface area contributed by atoms with E-state index in [1.807, 2.05) is 6.07 Å². The van der Waals surface area contributed by atoms with Gasteiger partial charge >= 0.3 is 0 Å². The van der Waals surface area contributed by atoms with Gasteiger partial charge in [-0.2, -0.15) is 0 Å². The Labute approximate surface area is 157 Å². The number of benzene rings is 2. The van der Waals surface area contributed by atoms with Crippen LogP contribution in [0.5, 0.6) is 17.2 Å². The minimum Gasteiger partial charge on any atom is -0.493 e. The Hall–Kier alpha value is -3.54. The number of ketones is 1. The molecule has 138 valence electrons. The van der Waals surface area contributed by atoms with Gasteiger partial charge in [0.1, 0.15) is 12.4 Å². The number of carbonyl (C=O) groups is 2. The third-order valence-electron chi connectivity index (χ3n) is 3.87. The largest absolute Gasteiger partial charge is 0.493 e. The van der Waals surface area contributed by atoms with Gasteiger partial charge in [-0.15, -0.1) is 0 Å². The smallest absolute Gasteiger partial charge is 0.262 e. The van der Waals surface area contributed by atoms with Gasteiger partial charge in [-0.1, -0.05) is 24.8 Å². The molecular weight excluding hydrogens is 346 g/mol. The number of allylic oxidation sites excluding steroid dienone is 1. The minimum atomic E-state index is -0.242. The van der Waals surface area contributed by atoms with Crippen molar-refractivity contribution in [2.45, 2.75) is 0 Å². The molecule has 2 aromatic carbocycles. The zero-order valence-electron chi connectivity index (χ0n) is 14.9. The fraction of sp³-hybridized carbons (Fsp3) is 0.143. The lowest BCUT2D eigenvalue weighted by molar-refractivity contribution is -0.118. The van der Waals surface area contributed by atoms with E-state index in [2.05, 4.69) is 11.9 Å². The van der Waals surface area contributed by atoms with Crippen LogP contribution in [0.2, 0.25) is 0 Å². The van der Waals surface area contributed by atoms with Crippen LogP contribution in [0.15, 0.2) is 55.1 Å². The average Bonchev–Trinajstić information content (AvgIpc) is 2.70. The predicted molar refractivity (Wildman–Crippen MR) is 103 cm³/mol. The first-order chi connectivity index (χ1) is 13.1. The zero-order chi connectivity index (χ0) is 19.2. The number of methoxy groups -OCH3 is 1. The van der Waals surface area contributed by atoms with Crippen LogP contribution < -0.4 is 19.5 Å². The van der Waals surface area contributed by atoms with Crippen molar-refractivity contribution in [1.29, 1.82) is 0 Å². The quantitative estimate of drug-likeness (QED) is 0.462. The molecule has 0 aliphatic carbocycles. The number of nitrogens with one attached hydrogen (secondary N) is 1. The fourth-order valence-electron chi connectivity index (χ4n) is 2.56. The summed E-state index contributed by atoms with van der Waals surface area (Å²) < 4.78 is 16.1. The molecule has 0 spiro atoms. The standard InChI is InChI=1S/C21H19NO5/c1-3-10-26-19-8-5-14(11-20(19)25-2)4-7-17(23)15-6-9-18-16(12-15)22-21(24)13-27-18/h3-9,11-12H,1,10,13H2,2H3,(H,22,24)/b7-4+. The van der Waals surface area contributed by atoms with E-state index in [0.717, 1.165) is 5.56 Å². The molecule has 3 rings (SSSR count). The normalized spacial score (nSPS) is 12.7. The van der Waals surface area contributed by atoms with Gasteiger partial charge in [-0.3, -0.25) is 9.59 Å². The van der Waals surface area contributed by atoms with Crippen LogP contribution in [-0.4, -0.2) is 32.0 Å². The molecule has 1 amide bonds. The van der Waals surface area contributed by atoms with Gasteiger partial charge in [0.25, 0.3) is 5.91 Å². The number of rotatable bonds is 7. The van der Waals surface area contributed by atoms with Gasteiger partial charge < -0.3 is 19.5 Å². The molecule has 0 bridgehead atoms. The lowest BCUT2D eigenvalue weighted by Gasteiger charge is -2.17. The van der Waals surface area contributed by atoms with E-state index in [1.165, 1.54) is 6.08 Å². The summed E-state index contributed by atoms with van der Waals surface area (Å²) >= 11 is 0. The number of amides is 1. The summed E-state index contributed by atoms with van der Waals surface area (Å²) in [6.07, 6.45) is 4.81. The Morgan fingerprint density at radius 1 is 1.26 bits per heavy atom. The van der Waals surface area contributed by atoms with E-state index in [0.29, 0.717) is 35.1 Å². The first-order valence-corrected chi connectivity index (χ1v) is 8.31. The van der Waals surface area contributed by atoms with E-state index in [9.17, 15) is 9.59 Å². The van der Waals surface area contributed by atoms with E-state index in [-0.39, 0.29) is 18.3 Å². The molecule has 6 heteroatoms. The van der Waals surface area contributed by atoms with Crippen molar-refractivity contribution in [1.82, 2.24) is 0 Å². The number of ether oxygens (including phenoxy) is 3. The number of anilines is 1. The molecule has 0 atom stereocenters. The molecule has 27 heavy (non-hydrogen) atoms.